The number of aromatic nitrogens is 2. The highest BCUT2D eigenvalue weighted by Gasteiger charge is 2.09. The molecule has 0 aromatic carbocycles. The van der Waals surface area contributed by atoms with Crippen LogP contribution in [-0.2, 0) is 11.3 Å². The first-order chi connectivity index (χ1) is 7.51. The van der Waals surface area contributed by atoms with Crippen LogP contribution in [0.25, 0.3) is 0 Å². The molecule has 5 heteroatoms. The fourth-order valence-corrected chi connectivity index (χ4v) is 1.06. The first-order valence-corrected chi connectivity index (χ1v) is 5.36. The predicted octanol–water partition coefficient (Wildman–Crippen LogP) is 1.71. The van der Waals surface area contributed by atoms with Crippen molar-refractivity contribution in [2.24, 2.45) is 11.3 Å². The minimum atomic E-state index is 0.305. The van der Waals surface area contributed by atoms with Crippen LogP contribution < -0.4 is 11.3 Å². The minimum absolute atomic E-state index is 0.305. The number of hydrazine groups is 1. The van der Waals surface area contributed by atoms with E-state index in [-0.39, 0.29) is 0 Å². The Morgan fingerprint density at radius 3 is 2.56 bits per heavy atom. The van der Waals surface area contributed by atoms with Gasteiger partial charge in [-0.3, -0.25) is 4.98 Å². The number of hydrogen-bond acceptors (Lipinski definition) is 5. The standard InChI is InChI=1S/C11H20N4O/c1-11(2,3)4-5-16-8-9-6-14-10(15-12)7-13-9/h6-7H,4-5,8,12H2,1-3H3,(H,14,15). The van der Waals surface area contributed by atoms with E-state index in [0.29, 0.717) is 17.8 Å². The Morgan fingerprint density at radius 1 is 1.31 bits per heavy atom. The molecule has 0 fully saturated rings. The van der Waals surface area contributed by atoms with Crippen molar-refractivity contribution >= 4 is 5.82 Å². The largest absolute Gasteiger partial charge is 0.375 e. The van der Waals surface area contributed by atoms with Crippen LogP contribution in [0.5, 0.6) is 0 Å². The number of anilines is 1. The molecule has 5 nitrogen and oxygen atoms in total. The number of hydrogen-bond donors (Lipinski definition) is 2. The Balaban J connectivity index is 2.27. The first-order valence-electron chi connectivity index (χ1n) is 5.36. The van der Waals surface area contributed by atoms with E-state index in [2.05, 4.69) is 36.2 Å². The summed E-state index contributed by atoms with van der Waals surface area (Å²) < 4.78 is 5.52. The van der Waals surface area contributed by atoms with Crippen LogP contribution in [0, 0.1) is 5.41 Å². The predicted molar refractivity (Wildman–Crippen MR) is 63.6 cm³/mol. The van der Waals surface area contributed by atoms with E-state index in [9.17, 15) is 0 Å². The van der Waals surface area contributed by atoms with Crippen molar-refractivity contribution in [1.29, 1.82) is 0 Å². The van der Waals surface area contributed by atoms with Gasteiger partial charge in [-0.15, -0.1) is 0 Å². The number of nitrogens with two attached hydrogens (primary N) is 1. The van der Waals surface area contributed by atoms with E-state index < -0.39 is 0 Å². The molecule has 0 saturated carbocycles. The molecule has 1 aromatic heterocycles. The van der Waals surface area contributed by atoms with E-state index in [1.165, 1.54) is 0 Å². The van der Waals surface area contributed by atoms with E-state index in [4.69, 9.17) is 10.6 Å². The lowest BCUT2D eigenvalue weighted by Gasteiger charge is -2.17. The third-order valence-corrected chi connectivity index (χ3v) is 2.10. The van der Waals surface area contributed by atoms with E-state index in [0.717, 1.165) is 18.7 Å². The van der Waals surface area contributed by atoms with Gasteiger partial charge >= 0.3 is 0 Å². The summed E-state index contributed by atoms with van der Waals surface area (Å²) in [7, 11) is 0. The Morgan fingerprint density at radius 2 is 2.06 bits per heavy atom. The number of ether oxygens (including phenoxy) is 1. The molecule has 0 aliphatic carbocycles. The monoisotopic (exact) mass is 224 g/mol. The van der Waals surface area contributed by atoms with Gasteiger partial charge in [0.25, 0.3) is 0 Å². The second kappa shape index (κ2) is 5.77. The molecular weight excluding hydrogens is 204 g/mol. The third-order valence-electron chi connectivity index (χ3n) is 2.10. The topological polar surface area (TPSA) is 73.1 Å². The van der Waals surface area contributed by atoms with Gasteiger partial charge in [0.1, 0.15) is 0 Å². The van der Waals surface area contributed by atoms with Gasteiger partial charge in [-0.2, -0.15) is 0 Å². The van der Waals surface area contributed by atoms with Crippen molar-refractivity contribution in [3.63, 3.8) is 0 Å². The van der Waals surface area contributed by atoms with Gasteiger partial charge in [0, 0.05) is 6.61 Å². The van der Waals surface area contributed by atoms with Crippen LogP contribution in [0.4, 0.5) is 5.82 Å². The van der Waals surface area contributed by atoms with Gasteiger partial charge in [0.2, 0.25) is 0 Å². The molecule has 0 unspecified atom stereocenters. The van der Waals surface area contributed by atoms with Crippen LogP contribution in [0.15, 0.2) is 12.4 Å². The number of nitrogen functional groups attached to an aromatic ring is 1. The minimum Gasteiger partial charge on any atom is -0.375 e. The maximum atomic E-state index is 5.52. The smallest absolute Gasteiger partial charge is 0.158 e. The summed E-state index contributed by atoms with van der Waals surface area (Å²) in [6.07, 6.45) is 4.28. The van der Waals surface area contributed by atoms with Crippen LogP contribution in [-0.4, -0.2) is 16.6 Å². The highest BCUT2D eigenvalue weighted by molar-refractivity contribution is 5.28. The molecule has 0 aliphatic heterocycles. The zero-order chi connectivity index (χ0) is 12.0. The lowest BCUT2D eigenvalue weighted by molar-refractivity contribution is 0.0939. The van der Waals surface area contributed by atoms with Gasteiger partial charge < -0.3 is 10.2 Å². The molecule has 3 N–H and O–H groups in total. The maximum absolute atomic E-state index is 5.52. The van der Waals surface area contributed by atoms with Crippen LogP contribution in [0.2, 0.25) is 0 Å². The first kappa shape index (κ1) is 12.9. The second-order valence-corrected chi connectivity index (χ2v) is 4.90. The highest BCUT2D eigenvalue weighted by atomic mass is 16.5. The van der Waals surface area contributed by atoms with Crippen molar-refractivity contribution < 1.29 is 4.74 Å². The maximum Gasteiger partial charge on any atom is 0.158 e. The van der Waals surface area contributed by atoms with Crippen LogP contribution in [0.1, 0.15) is 32.9 Å². The summed E-state index contributed by atoms with van der Waals surface area (Å²) in [6.45, 7) is 7.81. The molecule has 0 atom stereocenters. The van der Waals surface area contributed by atoms with Crippen molar-refractivity contribution in [3.8, 4) is 0 Å². The summed E-state index contributed by atoms with van der Waals surface area (Å²) >= 11 is 0. The van der Waals surface area contributed by atoms with E-state index >= 15 is 0 Å². The van der Waals surface area contributed by atoms with Gasteiger partial charge in [0.05, 0.1) is 24.7 Å². The average Bonchev–Trinajstić information content (AvgIpc) is 2.24. The molecule has 0 aliphatic rings. The Bertz CT molecular complexity index is 305. The average molecular weight is 224 g/mol. The summed E-state index contributed by atoms with van der Waals surface area (Å²) in [6, 6.07) is 0. The molecule has 0 amide bonds. The lowest BCUT2D eigenvalue weighted by Crippen LogP contribution is -2.11. The van der Waals surface area contributed by atoms with Crippen LogP contribution in [0.3, 0.4) is 0 Å². The molecule has 90 valence electrons. The molecular formula is C11H20N4O. The summed E-state index contributed by atoms with van der Waals surface area (Å²) in [4.78, 5) is 8.20. The van der Waals surface area contributed by atoms with Crippen LogP contribution >= 0.6 is 0 Å². The Hall–Kier alpha value is -1.20. The molecule has 1 rings (SSSR count). The van der Waals surface area contributed by atoms with Crippen molar-refractivity contribution in [2.45, 2.75) is 33.8 Å². The molecule has 1 heterocycles. The number of nitrogens with zero attached hydrogens (tertiary/aromatic N) is 2. The molecule has 1 aromatic rings. The zero-order valence-electron chi connectivity index (χ0n) is 10.2. The molecule has 0 bridgehead atoms. The Labute approximate surface area is 96.4 Å². The molecule has 16 heavy (non-hydrogen) atoms. The van der Waals surface area contributed by atoms with Crippen molar-refractivity contribution in [2.75, 3.05) is 12.0 Å². The number of rotatable bonds is 5. The summed E-state index contributed by atoms with van der Waals surface area (Å²) in [5.74, 6) is 5.74. The summed E-state index contributed by atoms with van der Waals surface area (Å²) in [5, 5.41) is 0. The molecule has 0 saturated heterocycles. The van der Waals surface area contributed by atoms with Gasteiger partial charge in [-0.25, -0.2) is 10.8 Å². The normalized spacial score (nSPS) is 11.5. The quantitative estimate of drug-likeness (QED) is 0.452. The van der Waals surface area contributed by atoms with E-state index in [1.807, 2.05) is 0 Å². The van der Waals surface area contributed by atoms with E-state index in [1.54, 1.807) is 12.4 Å². The van der Waals surface area contributed by atoms with Gasteiger partial charge in [-0.05, 0) is 11.8 Å². The zero-order valence-corrected chi connectivity index (χ0v) is 10.2. The Kier molecular flexibility index (Phi) is 4.64. The van der Waals surface area contributed by atoms with Crippen molar-refractivity contribution in [1.82, 2.24) is 9.97 Å². The van der Waals surface area contributed by atoms with Gasteiger partial charge in [-0.1, -0.05) is 20.8 Å². The van der Waals surface area contributed by atoms with Gasteiger partial charge in [0.15, 0.2) is 5.82 Å². The molecule has 0 radical (unpaired) electrons. The highest BCUT2D eigenvalue weighted by Crippen LogP contribution is 2.18. The third kappa shape index (κ3) is 5.04. The number of nitrogens with one attached hydrogen (secondary N) is 1. The fourth-order valence-electron chi connectivity index (χ4n) is 1.06. The summed E-state index contributed by atoms with van der Waals surface area (Å²) in [5.41, 5.74) is 3.54. The van der Waals surface area contributed by atoms with Crippen molar-refractivity contribution in [3.05, 3.63) is 18.1 Å². The lowest BCUT2D eigenvalue weighted by atomic mass is 9.93. The SMILES string of the molecule is CC(C)(C)CCOCc1cnc(NN)cn1. The second-order valence-electron chi connectivity index (χ2n) is 4.90. The molecule has 0 spiro atoms. The fraction of sp³-hybridized carbons (Fsp3) is 0.636.